The molecule has 2 aromatic carbocycles. The smallest absolute Gasteiger partial charge is 0.207 e. The molecule has 0 unspecified atom stereocenters. The molecule has 0 saturated heterocycles. The lowest BCUT2D eigenvalue weighted by molar-refractivity contribution is 0.565. The van der Waals surface area contributed by atoms with Gasteiger partial charge in [-0.15, -0.1) is 0 Å². The quantitative estimate of drug-likeness (QED) is 0.941. The molecule has 0 aliphatic rings. The van der Waals surface area contributed by atoms with Crippen LogP contribution in [0.3, 0.4) is 0 Å². The molecular weight excluding hydrogens is 277 g/mol. The number of rotatable bonds is 4. The molecule has 0 spiro atoms. The second kappa shape index (κ2) is 5.73. The highest BCUT2D eigenvalue weighted by molar-refractivity contribution is 7.89. The number of hydrogen-bond donors (Lipinski definition) is 1. The summed E-state index contributed by atoms with van der Waals surface area (Å²) in [5, 5.41) is 0. The Morgan fingerprint density at radius 2 is 1.75 bits per heavy atom. The molecule has 0 amide bonds. The fraction of sp³-hybridized carbons (Fsp3) is 0.200. The van der Waals surface area contributed by atoms with Crippen LogP contribution in [0.15, 0.2) is 53.4 Å². The van der Waals surface area contributed by atoms with Gasteiger partial charge in [-0.25, -0.2) is 17.5 Å². The van der Waals surface area contributed by atoms with Crippen molar-refractivity contribution in [2.75, 3.05) is 0 Å². The molecule has 3 nitrogen and oxygen atoms in total. The van der Waals surface area contributed by atoms with Crippen LogP contribution in [0, 0.1) is 12.7 Å². The molecule has 5 heteroatoms. The summed E-state index contributed by atoms with van der Waals surface area (Å²) in [6.07, 6.45) is 0. The average Bonchev–Trinajstić information content (AvgIpc) is 2.38. The summed E-state index contributed by atoms with van der Waals surface area (Å²) in [4.78, 5) is 0.0988. The van der Waals surface area contributed by atoms with Crippen LogP contribution in [0.25, 0.3) is 0 Å². The van der Waals surface area contributed by atoms with Crippen molar-refractivity contribution in [1.82, 2.24) is 4.72 Å². The highest BCUT2D eigenvalue weighted by Gasteiger charge is 2.20. The first kappa shape index (κ1) is 14.7. The van der Waals surface area contributed by atoms with Crippen LogP contribution in [-0.4, -0.2) is 8.42 Å². The van der Waals surface area contributed by atoms with Crippen molar-refractivity contribution >= 4 is 10.0 Å². The van der Waals surface area contributed by atoms with Crippen LogP contribution in [-0.2, 0) is 10.0 Å². The van der Waals surface area contributed by atoms with Crippen molar-refractivity contribution in [1.29, 1.82) is 0 Å². The van der Waals surface area contributed by atoms with Gasteiger partial charge >= 0.3 is 0 Å². The van der Waals surface area contributed by atoms with E-state index in [0.29, 0.717) is 5.56 Å². The minimum atomic E-state index is -3.67. The van der Waals surface area contributed by atoms with Gasteiger partial charge in [-0.3, -0.25) is 0 Å². The van der Waals surface area contributed by atoms with Gasteiger partial charge in [0, 0.05) is 6.04 Å². The summed E-state index contributed by atoms with van der Waals surface area (Å²) in [5.41, 5.74) is 1.26. The molecule has 2 aromatic rings. The lowest BCUT2D eigenvalue weighted by Crippen LogP contribution is -2.27. The Morgan fingerprint density at radius 3 is 2.35 bits per heavy atom. The third kappa shape index (κ3) is 3.23. The van der Waals surface area contributed by atoms with Gasteiger partial charge in [0.25, 0.3) is 0 Å². The van der Waals surface area contributed by atoms with Gasteiger partial charge in [-0.05, 0) is 43.2 Å². The van der Waals surface area contributed by atoms with E-state index >= 15 is 0 Å². The van der Waals surface area contributed by atoms with Crippen molar-refractivity contribution < 1.29 is 12.8 Å². The topological polar surface area (TPSA) is 46.2 Å². The minimum absolute atomic E-state index is 0.0988. The summed E-state index contributed by atoms with van der Waals surface area (Å²) in [7, 11) is -3.67. The van der Waals surface area contributed by atoms with Crippen molar-refractivity contribution in [3.05, 3.63) is 65.5 Å². The van der Waals surface area contributed by atoms with E-state index in [0.717, 1.165) is 11.6 Å². The van der Waals surface area contributed by atoms with Gasteiger partial charge in [0.15, 0.2) is 0 Å². The largest absolute Gasteiger partial charge is 0.241 e. The summed E-state index contributed by atoms with van der Waals surface area (Å²) in [5.74, 6) is -0.447. The first-order valence-electron chi connectivity index (χ1n) is 6.23. The fourth-order valence-electron chi connectivity index (χ4n) is 2.02. The Hall–Kier alpha value is -1.72. The maximum Gasteiger partial charge on any atom is 0.241 e. The van der Waals surface area contributed by atoms with E-state index in [1.54, 1.807) is 13.8 Å². The molecule has 20 heavy (non-hydrogen) atoms. The van der Waals surface area contributed by atoms with Crippen molar-refractivity contribution in [2.24, 2.45) is 0 Å². The SMILES string of the molecule is Cc1cc(F)ccc1S(=O)(=O)N[C@@H](C)c1ccccc1. The highest BCUT2D eigenvalue weighted by Crippen LogP contribution is 2.20. The molecule has 1 atom stereocenters. The average molecular weight is 293 g/mol. The Labute approximate surface area is 118 Å². The van der Waals surface area contributed by atoms with E-state index in [1.165, 1.54) is 12.1 Å². The van der Waals surface area contributed by atoms with Crippen LogP contribution in [0.2, 0.25) is 0 Å². The molecule has 0 aromatic heterocycles. The van der Waals surface area contributed by atoms with Gasteiger partial charge in [0.05, 0.1) is 4.90 Å². The Balaban J connectivity index is 2.28. The lowest BCUT2D eigenvalue weighted by Gasteiger charge is -2.15. The van der Waals surface area contributed by atoms with Gasteiger partial charge in [0.1, 0.15) is 5.82 Å². The van der Waals surface area contributed by atoms with E-state index in [9.17, 15) is 12.8 Å². The van der Waals surface area contributed by atoms with Crippen molar-refractivity contribution in [2.45, 2.75) is 24.8 Å². The molecule has 0 radical (unpaired) electrons. The summed E-state index contributed by atoms with van der Waals surface area (Å²) < 4.78 is 40.3. The molecule has 0 fully saturated rings. The molecule has 106 valence electrons. The minimum Gasteiger partial charge on any atom is -0.207 e. The zero-order valence-electron chi connectivity index (χ0n) is 11.3. The molecule has 0 saturated carbocycles. The van der Waals surface area contributed by atoms with E-state index in [2.05, 4.69) is 4.72 Å². The molecule has 2 rings (SSSR count). The van der Waals surface area contributed by atoms with Crippen molar-refractivity contribution in [3.8, 4) is 0 Å². The van der Waals surface area contributed by atoms with Gasteiger partial charge in [0.2, 0.25) is 10.0 Å². The zero-order valence-corrected chi connectivity index (χ0v) is 12.1. The third-order valence-corrected chi connectivity index (χ3v) is 4.76. The first-order chi connectivity index (χ1) is 9.40. The van der Waals surface area contributed by atoms with Crippen LogP contribution in [0.4, 0.5) is 4.39 Å². The van der Waals surface area contributed by atoms with Crippen LogP contribution in [0.1, 0.15) is 24.1 Å². The zero-order chi connectivity index (χ0) is 14.8. The van der Waals surface area contributed by atoms with Crippen LogP contribution in [0.5, 0.6) is 0 Å². The molecular formula is C15H16FNO2S. The maximum absolute atomic E-state index is 13.0. The van der Waals surface area contributed by atoms with Crippen molar-refractivity contribution in [3.63, 3.8) is 0 Å². The normalized spacial score (nSPS) is 13.2. The van der Waals surface area contributed by atoms with Gasteiger partial charge < -0.3 is 0 Å². The summed E-state index contributed by atoms with van der Waals surface area (Å²) in [6, 6.07) is 12.6. The Kier molecular flexibility index (Phi) is 4.20. The summed E-state index contributed by atoms with van der Waals surface area (Å²) >= 11 is 0. The number of benzene rings is 2. The predicted molar refractivity (Wildman–Crippen MR) is 76.3 cm³/mol. The second-order valence-corrected chi connectivity index (χ2v) is 6.35. The fourth-order valence-corrected chi connectivity index (χ4v) is 3.48. The van der Waals surface area contributed by atoms with E-state index in [1.807, 2.05) is 30.3 Å². The molecule has 0 heterocycles. The molecule has 0 aliphatic heterocycles. The third-order valence-electron chi connectivity index (χ3n) is 3.06. The molecule has 1 N–H and O–H groups in total. The van der Waals surface area contributed by atoms with E-state index in [4.69, 9.17) is 0 Å². The number of nitrogens with one attached hydrogen (secondary N) is 1. The van der Waals surface area contributed by atoms with Crippen LogP contribution < -0.4 is 4.72 Å². The number of halogens is 1. The van der Waals surface area contributed by atoms with Gasteiger partial charge in [-0.1, -0.05) is 30.3 Å². The second-order valence-electron chi connectivity index (χ2n) is 4.66. The Bertz CT molecular complexity index is 699. The standard InChI is InChI=1S/C15H16FNO2S/c1-11-10-14(16)8-9-15(11)20(18,19)17-12(2)13-6-4-3-5-7-13/h3-10,12,17H,1-2H3/t12-/m0/s1. The van der Waals surface area contributed by atoms with E-state index in [-0.39, 0.29) is 10.9 Å². The Morgan fingerprint density at radius 1 is 1.10 bits per heavy atom. The monoisotopic (exact) mass is 293 g/mol. The summed E-state index contributed by atoms with van der Waals surface area (Å²) in [6.45, 7) is 3.34. The number of aryl methyl sites for hydroxylation is 1. The predicted octanol–water partition coefficient (Wildman–Crippen LogP) is 3.17. The first-order valence-corrected chi connectivity index (χ1v) is 7.72. The van der Waals surface area contributed by atoms with Crippen LogP contribution >= 0.6 is 0 Å². The number of sulfonamides is 1. The highest BCUT2D eigenvalue weighted by atomic mass is 32.2. The van der Waals surface area contributed by atoms with E-state index < -0.39 is 15.8 Å². The molecule has 0 bridgehead atoms. The number of hydrogen-bond acceptors (Lipinski definition) is 2. The maximum atomic E-state index is 13.0. The lowest BCUT2D eigenvalue weighted by atomic mass is 10.1. The molecule has 0 aliphatic carbocycles. The van der Waals surface area contributed by atoms with Gasteiger partial charge in [-0.2, -0.15) is 0 Å².